The molecule has 0 aromatic heterocycles. The first-order valence-electron chi connectivity index (χ1n) is 7.21. The van der Waals surface area contributed by atoms with Gasteiger partial charge in [0.2, 0.25) is 5.91 Å². The lowest BCUT2D eigenvalue weighted by Crippen LogP contribution is -2.19. The SMILES string of the molecule is C=CCOc1ccc(/C=N/NC(=O)CSc2ccc(Cl)cc2)cc1. The van der Waals surface area contributed by atoms with Crippen LogP contribution in [0.25, 0.3) is 0 Å². The third-order valence-corrected chi connectivity index (χ3v) is 4.10. The van der Waals surface area contributed by atoms with Gasteiger partial charge in [-0.1, -0.05) is 24.3 Å². The molecule has 1 N–H and O–H groups in total. The van der Waals surface area contributed by atoms with Gasteiger partial charge in [-0.05, 0) is 54.1 Å². The van der Waals surface area contributed by atoms with E-state index in [1.807, 2.05) is 36.4 Å². The van der Waals surface area contributed by atoms with E-state index in [1.54, 1.807) is 24.4 Å². The van der Waals surface area contributed by atoms with Crippen molar-refractivity contribution >= 4 is 35.5 Å². The Bertz CT molecular complexity index is 700. The molecule has 4 nitrogen and oxygen atoms in total. The van der Waals surface area contributed by atoms with Gasteiger partial charge in [-0.15, -0.1) is 11.8 Å². The summed E-state index contributed by atoms with van der Waals surface area (Å²) in [5.74, 6) is 0.875. The van der Waals surface area contributed by atoms with Crippen molar-refractivity contribution in [1.82, 2.24) is 5.43 Å². The fourth-order valence-corrected chi connectivity index (χ4v) is 2.51. The zero-order valence-corrected chi connectivity index (χ0v) is 14.5. The Morgan fingerprint density at radius 3 is 2.58 bits per heavy atom. The summed E-state index contributed by atoms with van der Waals surface area (Å²) in [6, 6.07) is 14.7. The zero-order chi connectivity index (χ0) is 17.2. The van der Waals surface area contributed by atoms with E-state index in [0.29, 0.717) is 11.6 Å². The number of hydrazone groups is 1. The second kappa shape index (κ2) is 9.80. The first-order valence-corrected chi connectivity index (χ1v) is 8.58. The van der Waals surface area contributed by atoms with Gasteiger partial charge in [0.1, 0.15) is 12.4 Å². The van der Waals surface area contributed by atoms with Crippen molar-refractivity contribution in [3.63, 3.8) is 0 Å². The minimum absolute atomic E-state index is 0.169. The maximum atomic E-state index is 11.7. The lowest BCUT2D eigenvalue weighted by atomic mass is 10.2. The topological polar surface area (TPSA) is 50.7 Å². The minimum Gasteiger partial charge on any atom is -0.490 e. The van der Waals surface area contributed by atoms with Crippen LogP contribution in [0.5, 0.6) is 5.75 Å². The van der Waals surface area contributed by atoms with Gasteiger partial charge in [-0.2, -0.15) is 5.10 Å². The maximum Gasteiger partial charge on any atom is 0.250 e. The van der Waals surface area contributed by atoms with Gasteiger partial charge in [0.05, 0.1) is 12.0 Å². The fraction of sp³-hybridized carbons (Fsp3) is 0.111. The number of amides is 1. The highest BCUT2D eigenvalue weighted by molar-refractivity contribution is 8.00. The second-order valence-corrected chi connectivity index (χ2v) is 6.19. The largest absolute Gasteiger partial charge is 0.490 e. The molecule has 0 saturated carbocycles. The van der Waals surface area contributed by atoms with Crippen molar-refractivity contribution in [3.05, 3.63) is 71.8 Å². The van der Waals surface area contributed by atoms with Crippen LogP contribution in [-0.2, 0) is 4.79 Å². The molecule has 2 rings (SSSR count). The molecular weight excluding hydrogens is 344 g/mol. The summed E-state index contributed by atoms with van der Waals surface area (Å²) < 4.78 is 5.39. The first kappa shape index (κ1) is 18.1. The second-order valence-electron chi connectivity index (χ2n) is 4.70. The number of rotatable bonds is 8. The fourth-order valence-electron chi connectivity index (χ4n) is 1.70. The predicted molar refractivity (Wildman–Crippen MR) is 100 cm³/mol. The van der Waals surface area contributed by atoms with E-state index in [-0.39, 0.29) is 11.7 Å². The van der Waals surface area contributed by atoms with Crippen molar-refractivity contribution < 1.29 is 9.53 Å². The highest BCUT2D eigenvalue weighted by Gasteiger charge is 2.01. The van der Waals surface area contributed by atoms with Crippen molar-refractivity contribution in [3.8, 4) is 5.75 Å². The Morgan fingerprint density at radius 1 is 1.21 bits per heavy atom. The summed E-state index contributed by atoms with van der Waals surface area (Å²) in [4.78, 5) is 12.7. The van der Waals surface area contributed by atoms with Crippen LogP contribution in [0, 0.1) is 0 Å². The molecule has 0 unspecified atom stereocenters. The third kappa shape index (κ3) is 6.48. The van der Waals surface area contributed by atoms with E-state index in [1.165, 1.54) is 11.8 Å². The van der Waals surface area contributed by atoms with E-state index in [9.17, 15) is 4.79 Å². The van der Waals surface area contributed by atoms with Crippen LogP contribution >= 0.6 is 23.4 Å². The van der Waals surface area contributed by atoms with Gasteiger partial charge in [-0.3, -0.25) is 4.79 Å². The van der Waals surface area contributed by atoms with Crippen LogP contribution in [-0.4, -0.2) is 24.5 Å². The number of thioether (sulfide) groups is 1. The van der Waals surface area contributed by atoms with Crippen molar-refractivity contribution in [2.75, 3.05) is 12.4 Å². The number of hydrogen-bond donors (Lipinski definition) is 1. The molecule has 0 atom stereocenters. The monoisotopic (exact) mass is 360 g/mol. The van der Waals surface area contributed by atoms with Crippen molar-refractivity contribution in [2.24, 2.45) is 5.10 Å². The van der Waals surface area contributed by atoms with E-state index in [0.717, 1.165) is 16.2 Å². The van der Waals surface area contributed by atoms with Gasteiger partial charge in [0, 0.05) is 9.92 Å². The molecule has 0 heterocycles. The summed E-state index contributed by atoms with van der Waals surface area (Å²) in [5, 5.41) is 4.62. The molecule has 0 aliphatic carbocycles. The number of nitrogens with one attached hydrogen (secondary N) is 1. The maximum absolute atomic E-state index is 11.7. The molecule has 0 spiro atoms. The molecular formula is C18H17ClN2O2S. The lowest BCUT2D eigenvalue weighted by Gasteiger charge is -2.03. The minimum atomic E-state index is -0.169. The zero-order valence-electron chi connectivity index (χ0n) is 12.9. The van der Waals surface area contributed by atoms with Crippen LogP contribution < -0.4 is 10.2 Å². The van der Waals surface area contributed by atoms with Crippen molar-refractivity contribution in [1.29, 1.82) is 0 Å². The summed E-state index contributed by atoms with van der Waals surface area (Å²) >= 11 is 7.24. The Hall–Kier alpha value is -2.24. The molecule has 6 heteroatoms. The summed E-state index contributed by atoms with van der Waals surface area (Å²) in [5.41, 5.74) is 3.37. The van der Waals surface area contributed by atoms with Gasteiger partial charge in [0.15, 0.2) is 0 Å². The number of benzene rings is 2. The summed E-state index contributed by atoms with van der Waals surface area (Å²) in [7, 11) is 0. The Balaban J connectivity index is 1.75. The average Bonchev–Trinajstić information content (AvgIpc) is 2.60. The molecule has 24 heavy (non-hydrogen) atoms. The number of halogens is 1. The lowest BCUT2D eigenvalue weighted by molar-refractivity contribution is -0.118. The van der Waals surface area contributed by atoms with Gasteiger partial charge in [-0.25, -0.2) is 5.43 Å². The number of ether oxygens (including phenoxy) is 1. The average molecular weight is 361 g/mol. The van der Waals surface area contributed by atoms with E-state index in [4.69, 9.17) is 16.3 Å². The molecule has 0 saturated heterocycles. The van der Waals surface area contributed by atoms with Gasteiger partial charge < -0.3 is 4.74 Å². The quantitative estimate of drug-likeness (QED) is 0.333. The highest BCUT2D eigenvalue weighted by atomic mass is 35.5. The normalized spacial score (nSPS) is 10.5. The number of nitrogens with zero attached hydrogens (tertiary/aromatic N) is 1. The molecule has 124 valence electrons. The van der Waals surface area contributed by atoms with Crippen molar-refractivity contribution in [2.45, 2.75) is 4.90 Å². The van der Waals surface area contributed by atoms with Crippen LogP contribution in [0.4, 0.5) is 0 Å². The molecule has 0 bridgehead atoms. The molecule has 2 aromatic carbocycles. The van der Waals surface area contributed by atoms with E-state index >= 15 is 0 Å². The predicted octanol–water partition coefficient (Wildman–Crippen LogP) is 4.15. The Kier molecular flexibility index (Phi) is 7.39. The molecule has 0 radical (unpaired) electrons. The molecule has 0 fully saturated rings. The summed E-state index contributed by atoms with van der Waals surface area (Å²) in [6.45, 7) is 4.06. The molecule has 1 amide bonds. The Morgan fingerprint density at radius 2 is 1.92 bits per heavy atom. The number of carbonyl (C=O) groups excluding carboxylic acids is 1. The molecule has 0 aliphatic heterocycles. The van der Waals surface area contributed by atoms with Crippen LogP contribution in [0.15, 0.2) is 71.2 Å². The Labute approximate surface area is 150 Å². The summed E-state index contributed by atoms with van der Waals surface area (Å²) in [6.07, 6.45) is 3.27. The van der Waals surface area contributed by atoms with E-state index in [2.05, 4.69) is 17.1 Å². The molecule has 0 aliphatic rings. The molecule has 2 aromatic rings. The van der Waals surface area contributed by atoms with Crippen LogP contribution in [0.3, 0.4) is 0 Å². The van der Waals surface area contributed by atoms with Gasteiger partial charge in [0.25, 0.3) is 0 Å². The smallest absolute Gasteiger partial charge is 0.250 e. The number of carbonyl (C=O) groups is 1. The highest BCUT2D eigenvalue weighted by Crippen LogP contribution is 2.19. The van der Waals surface area contributed by atoms with Gasteiger partial charge >= 0.3 is 0 Å². The number of hydrogen-bond acceptors (Lipinski definition) is 4. The standard InChI is InChI=1S/C18H17ClN2O2S/c1-2-11-23-16-7-3-14(4-8-16)12-20-21-18(22)13-24-17-9-5-15(19)6-10-17/h2-10,12H,1,11,13H2,(H,21,22)/b20-12+. The van der Waals surface area contributed by atoms with E-state index < -0.39 is 0 Å². The van der Waals surface area contributed by atoms with Crippen LogP contribution in [0.1, 0.15) is 5.56 Å². The third-order valence-electron chi connectivity index (χ3n) is 2.83. The first-order chi connectivity index (χ1) is 11.7. The van der Waals surface area contributed by atoms with Crippen LogP contribution in [0.2, 0.25) is 5.02 Å².